The van der Waals surface area contributed by atoms with Crippen LogP contribution in [0.4, 0.5) is 0 Å². The molecule has 5 nitrogen and oxygen atoms in total. The van der Waals surface area contributed by atoms with E-state index in [1.165, 1.54) is 17.8 Å². The van der Waals surface area contributed by atoms with Crippen LogP contribution in [0.3, 0.4) is 0 Å². The second-order valence-corrected chi connectivity index (χ2v) is 5.74. The van der Waals surface area contributed by atoms with Crippen LogP contribution in [0.25, 0.3) is 0 Å². The van der Waals surface area contributed by atoms with Gasteiger partial charge in [0.2, 0.25) is 5.90 Å². The van der Waals surface area contributed by atoms with Crippen molar-refractivity contribution in [2.75, 3.05) is 20.1 Å². The zero-order chi connectivity index (χ0) is 14.4. The summed E-state index contributed by atoms with van der Waals surface area (Å²) in [7, 11) is 1.64. The predicted octanol–water partition coefficient (Wildman–Crippen LogP) is 2.77. The third kappa shape index (κ3) is 3.90. The maximum absolute atomic E-state index is 12.3. The SMILES string of the molecule is C/N=C(/C)O/N=C/c1ccc(C(=O)N2CCCCC2)s1. The number of hydrogen-bond acceptors (Lipinski definition) is 5. The second-order valence-electron chi connectivity index (χ2n) is 4.62. The number of piperidine rings is 1. The van der Waals surface area contributed by atoms with E-state index in [2.05, 4.69) is 10.1 Å². The van der Waals surface area contributed by atoms with Gasteiger partial charge in [0.1, 0.15) is 0 Å². The molecule has 108 valence electrons. The highest BCUT2D eigenvalue weighted by Gasteiger charge is 2.19. The average Bonchev–Trinajstić information content (AvgIpc) is 2.96. The van der Waals surface area contributed by atoms with Gasteiger partial charge in [-0.1, -0.05) is 5.16 Å². The van der Waals surface area contributed by atoms with Crippen molar-refractivity contribution in [3.63, 3.8) is 0 Å². The molecule has 6 heteroatoms. The molecule has 1 aromatic rings. The van der Waals surface area contributed by atoms with E-state index in [1.807, 2.05) is 17.0 Å². The lowest BCUT2D eigenvalue weighted by Gasteiger charge is -2.26. The number of oxime groups is 1. The molecule has 20 heavy (non-hydrogen) atoms. The van der Waals surface area contributed by atoms with Gasteiger partial charge in [0.15, 0.2) is 0 Å². The van der Waals surface area contributed by atoms with Crippen LogP contribution in [-0.4, -0.2) is 43.1 Å². The van der Waals surface area contributed by atoms with Crippen molar-refractivity contribution in [2.45, 2.75) is 26.2 Å². The minimum Gasteiger partial charge on any atom is -0.342 e. The first-order valence-corrected chi connectivity index (χ1v) is 7.55. The van der Waals surface area contributed by atoms with Gasteiger partial charge < -0.3 is 9.74 Å². The number of thiophene rings is 1. The summed E-state index contributed by atoms with van der Waals surface area (Å²) < 4.78 is 0. The first-order valence-electron chi connectivity index (χ1n) is 6.73. The summed E-state index contributed by atoms with van der Waals surface area (Å²) in [4.78, 5) is 24.7. The van der Waals surface area contributed by atoms with E-state index >= 15 is 0 Å². The van der Waals surface area contributed by atoms with Gasteiger partial charge in [-0.3, -0.25) is 9.79 Å². The van der Waals surface area contributed by atoms with Crippen LogP contribution in [-0.2, 0) is 4.84 Å². The highest BCUT2D eigenvalue weighted by atomic mass is 32.1. The van der Waals surface area contributed by atoms with Gasteiger partial charge in [-0.25, -0.2) is 0 Å². The Morgan fingerprint density at radius 1 is 1.35 bits per heavy atom. The number of amides is 1. The Morgan fingerprint density at radius 2 is 2.10 bits per heavy atom. The summed E-state index contributed by atoms with van der Waals surface area (Å²) in [6.07, 6.45) is 5.04. The lowest BCUT2D eigenvalue weighted by molar-refractivity contribution is 0.0729. The highest BCUT2D eigenvalue weighted by Crippen LogP contribution is 2.19. The van der Waals surface area contributed by atoms with Gasteiger partial charge in [-0.2, -0.15) is 0 Å². The van der Waals surface area contributed by atoms with E-state index in [0.29, 0.717) is 5.90 Å². The molecule has 0 aromatic carbocycles. The topological polar surface area (TPSA) is 54.3 Å². The van der Waals surface area contributed by atoms with Crippen molar-refractivity contribution in [3.05, 3.63) is 21.9 Å². The number of hydrogen-bond donors (Lipinski definition) is 0. The summed E-state index contributed by atoms with van der Waals surface area (Å²) in [6.45, 7) is 3.47. The van der Waals surface area contributed by atoms with Crippen LogP contribution in [0.2, 0.25) is 0 Å². The first-order chi connectivity index (χ1) is 9.70. The van der Waals surface area contributed by atoms with Crippen molar-refractivity contribution < 1.29 is 9.63 Å². The molecule has 1 aromatic heterocycles. The Bertz CT molecular complexity index is 516. The zero-order valence-corrected chi connectivity index (χ0v) is 12.7. The van der Waals surface area contributed by atoms with Crippen LogP contribution < -0.4 is 0 Å². The molecule has 0 saturated carbocycles. The molecule has 2 rings (SSSR count). The van der Waals surface area contributed by atoms with E-state index < -0.39 is 0 Å². The average molecular weight is 293 g/mol. The minimum atomic E-state index is 0.126. The molecule has 2 heterocycles. The molecule has 0 radical (unpaired) electrons. The van der Waals surface area contributed by atoms with Gasteiger partial charge in [0, 0.05) is 31.9 Å². The Balaban J connectivity index is 1.96. The maximum atomic E-state index is 12.3. The fourth-order valence-electron chi connectivity index (χ4n) is 1.99. The molecule has 1 aliphatic rings. The normalized spacial score (nSPS) is 16.7. The standard InChI is InChI=1S/C14H19N3O2S/c1-11(15-2)19-16-10-12-6-7-13(20-12)14(18)17-8-4-3-5-9-17/h6-7,10H,3-5,8-9H2,1-2H3/b15-11-,16-10+. The predicted molar refractivity (Wildman–Crippen MR) is 81.8 cm³/mol. The van der Waals surface area contributed by atoms with Gasteiger partial charge in [-0.15, -0.1) is 11.3 Å². The lowest BCUT2D eigenvalue weighted by Crippen LogP contribution is -2.35. The van der Waals surface area contributed by atoms with Crippen LogP contribution in [0.15, 0.2) is 22.3 Å². The molecule has 0 aliphatic carbocycles. The zero-order valence-electron chi connectivity index (χ0n) is 11.8. The van der Waals surface area contributed by atoms with Crippen LogP contribution >= 0.6 is 11.3 Å². The van der Waals surface area contributed by atoms with Gasteiger partial charge >= 0.3 is 0 Å². The largest absolute Gasteiger partial charge is 0.342 e. The van der Waals surface area contributed by atoms with Crippen molar-refractivity contribution >= 4 is 29.4 Å². The monoisotopic (exact) mass is 293 g/mol. The van der Waals surface area contributed by atoms with E-state index in [1.54, 1.807) is 20.2 Å². The molecule has 1 saturated heterocycles. The van der Waals surface area contributed by atoms with Crippen molar-refractivity contribution in [2.24, 2.45) is 10.1 Å². The van der Waals surface area contributed by atoms with Gasteiger partial charge in [0.05, 0.1) is 11.1 Å². The number of carbonyl (C=O) groups is 1. The Hall–Kier alpha value is -1.69. The number of nitrogens with zero attached hydrogens (tertiary/aromatic N) is 3. The molecule has 1 amide bonds. The van der Waals surface area contributed by atoms with E-state index in [4.69, 9.17) is 4.84 Å². The molecular formula is C14H19N3O2S. The molecule has 0 spiro atoms. The fraction of sp³-hybridized carbons (Fsp3) is 0.500. The fourth-order valence-corrected chi connectivity index (χ4v) is 2.82. The molecule has 0 N–H and O–H groups in total. The van der Waals surface area contributed by atoms with Gasteiger partial charge in [-0.05, 0) is 31.4 Å². The van der Waals surface area contributed by atoms with Crippen molar-refractivity contribution in [3.8, 4) is 0 Å². The van der Waals surface area contributed by atoms with Crippen molar-refractivity contribution in [1.82, 2.24) is 4.90 Å². The molecule has 0 bridgehead atoms. The summed E-state index contributed by atoms with van der Waals surface area (Å²) in [5.74, 6) is 0.629. The minimum absolute atomic E-state index is 0.126. The summed E-state index contributed by atoms with van der Waals surface area (Å²) in [5.41, 5.74) is 0. The maximum Gasteiger partial charge on any atom is 0.263 e. The quantitative estimate of drug-likeness (QED) is 0.489. The highest BCUT2D eigenvalue weighted by molar-refractivity contribution is 7.15. The number of carbonyl (C=O) groups excluding carboxylic acids is 1. The lowest BCUT2D eigenvalue weighted by atomic mass is 10.1. The van der Waals surface area contributed by atoms with Crippen LogP contribution in [0.1, 0.15) is 40.7 Å². The molecule has 1 fully saturated rings. The molecular weight excluding hydrogens is 274 g/mol. The van der Waals surface area contributed by atoms with Crippen LogP contribution in [0.5, 0.6) is 0 Å². The van der Waals surface area contributed by atoms with E-state index in [0.717, 1.165) is 35.7 Å². The Morgan fingerprint density at radius 3 is 2.80 bits per heavy atom. The summed E-state index contributed by atoms with van der Waals surface area (Å²) >= 11 is 1.43. The van der Waals surface area contributed by atoms with Gasteiger partial charge in [0.25, 0.3) is 5.91 Å². The van der Waals surface area contributed by atoms with E-state index in [-0.39, 0.29) is 5.91 Å². The Labute approximate surface area is 122 Å². The number of likely N-dealkylation sites (tertiary alicyclic amines) is 1. The smallest absolute Gasteiger partial charge is 0.263 e. The number of rotatable bonds is 3. The molecule has 0 unspecified atom stereocenters. The third-order valence-electron chi connectivity index (χ3n) is 3.16. The molecule has 1 aliphatic heterocycles. The molecule has 0 atom stereocenters. The number of aliphatic imine (C=N–C) groups is 1. The summed E-state index contributed by atoms with van der Waals surface area (Å²) in [5, 5.41) is 3.83. The first kappa shape index (κ1) is 14.7. The Kier molecular flexibility index (Phi) is 5.29. The van der Waals surface area contributed by atoms with Crippen LogP contribution in [0, 0.1) is 0 Å². The van der Waals surface area contributed by atoms with E-state index in [9.17, 15) is 4.79 Å². The van der Waals surface area contributed by atoms with Crippen molar-refractivity contribution in [1.29, 1.82) is 0 Å². The summed E-state index contributed by atoms with van der Waals surface area (Å²) in [6, 6.07) is 3.73. The second kappa shape index (κ2) is 7.19. The third-order valence-corrected chi connectivity index (χ3v) is 4.17.